The molecule has 3 aromatic heterocycles. The number of fused-ring (bicyclic) bond motifs is 1. The van der Waals surface area contributed by atoms with Gasteiger partial charge in [0.25, 0.3) is 0 Å². The Hall–Kier alpha value is -3.36. The number of aryl methyl sites for hydroxylation is 1. The van der Waals surface area contributed by atoms with Crippen molar-refractivity contribution in [3.8, 4) is 10.4 Å². The first-order valence-corrected chi connectivity index (χ1v) is 11.9. The van der Waals surface area contributed by atoms with E-state index in [0.717, 1.165) is 64.3 Å². The van der Waals surface area contributed by atoms with Crippen molar-refractivity contribution in [1.82, 2.24) is 19.7 Å². The van der Waals surface area contributed by atoms with Gasteiger partial charge in [-0.1, -0.05) is 23.5 Å². The summed E-state index contributed by atoms with van der Waals surface area (Å²) in [6, 6.07) is 12.2. The summed E-state index contributed by atoms with van der Waals surface area (Å²) in [5.74, 6) is -0.123. The van der Waals surface area contributed by atoms with E-state index in [1.807, 2.05) is 42.0 Å². The number of hydrogen-bond donors (Lipinski definition) is 1. The van der Waals surface area contributed by atoms with E-state index in [1.165, 1.54) is 18.3 Å². The van der Waals surface area contributed by atoms with Gasteiger partial charge in [-0.2, -0.15) is 5.10 Å². The number of anilines is 1. The minimum Gasteiger partial charge on any atom is -0.356 e. The normalized spacial score (nSPS) is 16.5. The number of nitrogens with one attached hydrogen (secondary N) is 1. The average molecular weight is 460 g/mol. The third-order valence-corrected chi connectivity index (χ3v) is 6.73. The standard InChI is InChI=1S/C25H25N5O2S/c1-16-24(33-25(27-16)28-17(2)31)18-9-11-20-21(12-10-19-7-3-5-13-26-19)29-30(22(20)15-18)23-8-4-6-14-32-23/h3,5,7,9-13,15,23H,4,6,8,14H2,1-2H3,(H,27,28,31)/b12-10+. The van der Waals surface area contributed by atoms with Gasteiger partial charge in [0, 0.05) is 25.1 Å². The average Bonchev–Trinajstić information content (AvgIpc) is 3.38. The molecule has 33 heavy (non-hydrogen) atoms. The fraction of sp³-hybridized carbons (Fsp3) is 0.280. The molecule has 1 aliphatic rings. The summed E-state index contributed by atoms with van der Waals surface area (Å²) in [4.78, 5) is 21.4. The molecule has 1 aromatic carbocycles. The molecule has 5 rings (SSSR count). The van der Waals surface area contributed by atoms with Gasteiger partial charge in [-0.3, -0.25) is 9.78 Å². The Morgan fingerprint density at radius 2 is 2.15 bits per heavy atom. The fourth-order valence-corrected chi connectivity index (χ4v) is 5.08. The number of benzene rings is 1. The molecular formula is C25H25N5O2S. The van der Waals surface area contributed by atoms with E-state index in [2.05, 4.69) is 33.5 Å². The molecule has 4 heterocycles. The van der Waals surface area contributed by atoms with Gasteiger partial charge in [0.2, 0.25) is 5.91 Å². The summed E-state index contributed by atoms with van der Waals surface area (Å²) in [6.45, 7) is 4.20. The molecular weight excluding hydrogens is 434 g/mol. The third kappa shape index (κ3) is 4.58. The number of aromatic nitrogens is 4. The first kappa shape index (κ1) is 21.5. The van der Waals surface area contributed by atoms with E-state index in [1.54, 1.807) is 6.20 Å². The number of ether oxygens (including phenoxy) is 1. The number of pyridine rings is 1. The maximum absolute atomic E-state index is 11.5. The zero-order valence-corrected chi connectivity index (χ0v) is 19.4. The predicted octanol–water partition coefficient (Wildman–Crippen LogP) is 5.69. The second kappa shape index (κ2) is 9.25. The predicted molar refractivity (Wildman–Crippen MR) is 132 cm³/mol. The topological polar surface area (TPSA) is 81.9 Å². The number of carbonyl (C=O) groups is 1. The van der Waals surface area contributed by atoms with Crippen LogP contribution in [0, 0.1) is 6.92 Å². The Labute approximate surface area is 196 Å². The zero-order chi connectivity index (χ0) is 22.8. The Kier molecular flexibility index (Phi) is 6.02. The summed E-state index contributed by atoms with van der Waals surface area (Å²) in [7, 11) is 0. The van der Waals surface area contributed by atoms with Crippen molar-refractivity contribution in [3.05, 3.63) is 59.7 Å². The van der Waals surface area contributed by atoms with Crippen LogP contribution in [0.1, 0.15) is 49.5 Å². The van der Waals surface area contributed by atoms with E-state index < -0.39 is 0 Å². The highest BCUT2D eigenvalue weighted by atomic mass is 32.1. The maximum Gasteiger partial charge on any atom is 0.223 e. The largest absolute Gasteiger partial charge is 0.356 e. The number of rotatable bonds is 5. The third-order valence-electron chi connectivity index (χ3n) is 5.61. The Balaban J connectivity index is 1.58. The van der Waals surface area contributed by atoms with Gasteiger partial charge in [0.05, 0.1) is 27.5 Å². The van der Waals surface area contributed by atoms with Crippen molar-refractivity contribution < 1.29 is 9.53 Å². The van der Waals surface area contributed by atoms with Crippen LogP contribution in [0.3, 0.4) is 0 Å². The molecule has 1 N–H and O–H groups in total. The van der Waals surface area contributed by atoms with Crippen LogP contribution in [-0.4, -0.2) is 32.3 Å². The van der Waals surface area contributed by atoms with Crippen LogP contribution in [-0.2, 0) is 9.53 Å². The Bertz CT molecular complexity index is 1320. The molecule has 0 radical (unpaired) electrons. The first-order valence-electron chi connectivity index (χ1n) is 11.1. The van der Waals surface area contributed by atoms with Gasteiger partial charge in [0.15, 0.2) is 11.4 Å². The molecule has 1 aliphatic heterocycles. The summed E-state index contributed by atoms with van der Waals surface area (Å²) < 4.78 is 8.09. The highest BCUT2D eigenvalue weighted by Crippen LogP contribution is 2.36. The van der Waals surface area contributed by atoms with Crippen LogP contribution in [0.25, 0.3) is 33.5 Å². The minimum atomic E-state index is -0.123. The van der Waals surface area contributed by atoms with Crippen molar-refractivity contribution in [2.75, 3.05) is 11.9 Å². The number of carbonyl (C=O) groups excluding carboxylic acids is 1. The van der Waals surface area contributed by atoms with Gasteiger partial charge in [-0.05, 0) is 68.2 Å². The van der Waals surface area contributed by atoms with Crippen LogP contribution >= 0.6 is 11.3 Å². The van der Waals surface area contributed by atoms with Crippen LogP contribution in [0.5, 0.6) is 0 Å². The summed E-state index contributed by atoms with van der Waals surface area (Å²) in [6.07, 6.45) is 8.84. The van der Waals surface area contributed by atoms with E-state index in [4.69, 9.17) is 9.84 Å². The minimum absolute atomic E-state index is 0.0778. The van der Waals surface area contributed by atoms with Gasteiger partial charge >= 0.3 is 0 Å². The molecule has 1 fully saturated rings. The van der Waals surface area contributed by atoms with Crippen molar-refractivity contribution in [2.24, 2.45) is 0 Å². The molecule has 1 atom stereocenters. The fourth-order valence-electron chi connectivity index (χ4n) is 4.07. The molecule has 1 amide bonds. The van der Waals surface area contributed by atoms with E-state index in [0.29, 0.717) is 5.13 Å². The second-order valence-corrected chi connectivity index (χ2v) is 9.08. The molecule has 7 nitrogen and oxygen atoms in total. The number of hydrogen-bond acceptors (Lipinski definition) is 6. The van der Waals surface area contributed by atoms with Crippen LogP contribution in [0.4, 0.5) is 5.13 Å². The summed E-state index contributed by atoms with van der Waals surface area (Å²) >= 11 is 1.48. The van der Waals surface area contributed by atoms with Crippen molar-refractivity contribution in [3.63, 3.8) is 0 Å². The second-order valence-electron chi connectivity index (χ2n) is 8.09. The molecule has 168 valence electrons. The van der Waals surface area contributed by atoms with Crippen molar-refractivity contribution >= 4 is 45.4 Å². The van der Waals surface area contributed by atoms with Crippen LogP contribution in [0.15, 0.2) is 42.6 Å². The lowest BCUT2D eigenvalue weighted by Crippen LogP contribution is -2.19. The summed E-state index contributed by atoms with van der Waals surface area (Å²) in [5.41, 5.74) is 4.73. The van der Waals surface area contributed by atoms with E-state index in [-0.39, 0.29) is 12.1 Å². The van der Waals surface area contributed by atoms with Gasteiger partial charge in [-0.15, -0.1) is 0 Å². The molecule has 8 heteroatoms. The quantitative estimate of drug-likeness (QED) is 0.414. The monoisotopic (exact) mass is 459 g/mol. The van der Waals surface area contributed by atoms with Crippen LogP contribution < -0.4 is 5.32 Å². The lowest BCUT2D eigenvalue weighted by molar-refractivity contribution is -0.114. The number of thiazole rings is 1. The highest BCUT2D eigenvalue weighted by Gasteiger charge is 2.21. The highest BCUT2D eigenvalue weighted by molar-refractivity contribution is 7.19. The van der Waals surface area contributed by atoms with Crippen LogP contribution in [0.2, 0.25) is 0 Å². The van der Waals surface area contributed by atoms with Gasteiger partial charge < -0.3 is 10.1 Å². The molecule has 4 aromatic rings. The van der Waals surface area contributed by atoms with E-state index >= 15 is 0 Å². The van der Waals surface area contributed by atoms with Gasteiger partial charge in [-0.25, -0.2) is 9.67 Å². The lowest BCUT2D eigenvalue weighted by Gasteiger charge is -2.23. The van der Waals surface area contributed by atoms with Crippen molar-refractivity contribution in [2.45, 2.75) is 39.3 Å². The molecule has 1 saturated heterocycles. The first-order chi connectivity index (χ1) is 16.1. The Morgan fingerprint density at radius 3 is 2.91 bits per heavy atom. The SMILES string of the molecule is CC(=O)Nc1nc(C)c(-c2ccc3c(/C=C/c4ccccn4)nn(C4CCCCO4)c3c2)s1. The smallest absolute Gasteiger partial charge is 0.223 e. The molecule has 1 unspecified atom stereocenters. The molecule has 0 bridgehead atoms. The zero-order valence-electron chi connectivity index (χ0n) is 18.6. The van der Waals surface area contributed by atoms with Crippen molar-refractivity contribution in [1.29, 1.82) is 0 Å². The number of nitrogens with zero attached hydrogens (tertiary/aromatic N) is 4. The Morgan fingerprint density at radius 1 is 1.24 bits per heavy atom. The van der Waals surface area contributed by atoms with Gasteiger partial charge in [0.1, 0.15) is 0 Å². The number of amides is 1. The van der Waals surface area contributed by atoms with E-state index in [9.17, 15) is 4.79 Å². The maximum atomic E-state index is 11.5. The molecule has 0 saturated carbocycles. The lowest BCUT2D eigenvalue weighted by atomic mass is 10.1. The summed E-state index contributed by atoms with van der Waals surface area (Å²) in [5, 5.41) is 9.40. The molecule has 0 spiro atoms. The molecule has 0 aliphatic carbocycles.